The molecule has 0 radical (unpaired) electrons. The molecular formula is C31H31F2N7O8S4. The first-order valence-electron chi connectivity index (χ1n) is 15.6. The number of piperazine rings is 1. The molecule has 3 aliphatic heterocycles. The molecule has 4 N–H and O–H groups in total. The van der Waals surface area contributed by atoms with E-state index in [2.05, 4.69) is 15.5 Å². The number of thiazole rings is 1. The number of fused-ring (bicyclic) bond motifs is 2. The molecule has 52 heavy (non-hydrogen) atoms. The predicted molar refractivity (Wildman–Crippen MR) is 194 cm³/mol. The van der Waals surface area contributed by atoms with E-state index < -0.39 is 57.8 Å². The van der Waals surface area contributed by atoms with Gasteiger partial charge in [0.15, 0.2) is 16.7 Å². The number of likely N-dealkylation sites (N-methyl/N-ethyl adjacent to an activating group) is 1. The predicted octanol–water partition coefficient (Wildman–Crippen LogP) is 2.39. The Hall–Kier alpha value is -4.31. The second kappa shape index (κ2) is 15.3. The maximum absolute atomic E-state index is 16.1. The number of anilines is 2. The van der Waals surface area contributed by atoms with E-state index in [1.54, 1.807) is 11.8 Å². The number of nitrogen functional groups attached to an aromatic ring is 1. The maximum atomic E-state index is 16.1. The number of carbonyl (C=O) groups is 4. The van der Waals surface area contributed by atoms with Crippen LogP contribution in [0.5, 0.6) is 0 Å². The van der Waals surface area contributed by atoms with Crippen molar-refractivity contribution in [1.82, 2.24) is 20.1 Å². The van der Waals surface area contributed by atoms with Gasteiger partial charge in [-0.2, -0.15) is 0 Å². The molecule has 21 heteroatoms. The summed E-state index contributed by atoms with van der Waals surface area (Å²) in [5.41, 5.74) is 3.93. The van der Waals surface area contributed by atoms with Gasteiger partial charge in [-0.15, -0.1) is 46.2 Å². The Balaban J connectivity index is 1.29. The van der Waals surface area contributed by atoms with Crippen molar-refractivity contribution in [3.8, 4) is 0 Å². The SMILES string of the molecule is CCOC(=O)c1c(SCC2=C(C(=O)O)N3C(=O)[C@@H](NC(=O)/C(=N\OC)c4csc(N)n4)[C@@H]3SC2)sc2c(F)c(N3CCN(C)CC3)c(F)cc2c1=O. The molecule has 3 aromatic rings. The Kier molecular flexibility index (Phi) is 11.1. The number of oxime groups is 1. The number of nitrogens with one attached hydrogen (secondary N) is 1. The number of aromatic nitrogens is 1. The van der Waals surface area contributed by atoms with Gasteiger partial charge in [0.2, 0.25) is 5.43 Å². The third-order valence-corrected chi connectivity index (χ3v) is 13.0. The van der Waals surface area contributed by atoms with Gasteiger partial charge in [-0.05, 0) is 25.6 Å². The Morgan fingerprint density at radius 2 is 1.94 bits per heavy atom. The molecule has 2 amide bonds. The third-order valence-electron chi connectivity index (χ3n) is 8.39. The van der Waals surface area contributed by atoms with Gasteiger partial charge in [-0.25, -0.2) is 23.4 Å². The summed E-state index contributed by atoms with van der Waals surface area (Å²) in [5.74, 6) is -5.75. The molecule has 0 aliphatic carbocycles. The fourth-order valence-electron chi connectivity index (χ4n) is 5.88. The summed E-state index contributed by atoms with van der Waals surface area (Å²) >= 11 is 3.94. The monoisotopic (exact) mass is 795 g/mol. The van der Waals surface area contributed by atoms with E-state index in [9.17, 15) is 29.1 Å². The molecule has 0 bridgehead atoms. The van der Waals surface area contributed by atoms with E-state index in [0.717, 1.165) is 45.4 Å². The number of thioether (sulfide) groups is 2. The van der Waals surface area contributed by atoms with E-state index in [4.69, 9.17) is 15.3 Å². The molecule has 2 fully saturated rings. The van der Waals surface area contributed by atoms with Crippen molar-refractivity contribution < 1.29 is 42.6 Å². The lowest BCUT2D eigenvalue weighted by molar-refractivity contribution is -0.150. The van der Waals surface area contributed by atoms with Crippen LogP contribution in [-0.4, -0.2) is 119 Å². The van der Waals surface area contributed by atoms with Crippen LogP contribution in [0.4, 0.5) is 19.6 Å². The van der Waals surface area contributed by atoms with Gasteiger partial charge in [-0.1, -0.05) is 5.16 Å². The van der Waals surface area contributed by atoms with Crippen LogP contribution in [0.25, 0.3) is 10.1 Å². The van der Waals surface area contributed by atoms with E-state index in [0.29, 0.717) is 26.2 Å². The van der Waals surface area contributed by atoms with Crippen molar-refractivity contribution in [1.29, 1.82) is 0 Å². The smallest absolute Gasteiger partial charge is 0.352 e. The average molecular weight is 796 g/mol. The van der Waals surface area contributed by atoms with E-state index in [1.165, 1.54) is 24.3 Å². The van der Waals surface area contributed by atoms with Crippen LogP contribution >= 0.6 is 46.2 Å². The number of β-lactam (4-membered cyclic amide) rings is 1. The number of hydrogen-bond acceptors (Lipinski definition) is 16. The third kappa shape index (κ3) is 6.94. The quantitative estimate of drug-likeness (QED) is 0.0841. The van der Waals surface area contributed by atoms with Gasteiger partial charge in [0.1, 0.15) is 47.0 Å². The van der Waals surface area contributed by atoms with Crippen molar-refractivity contribution in [2.75, 3.05) is 69.1 Å². The zero-order chi connectivity index (χ0) is 37.4. The molecule has 0 unspecified atom stereocenters. The van der Waals surface area contributed by atoms with E-state index in [-0.39, 0.29) is 65.9 Å². The lowest BCUT2D eigenvalue weighted by atomic mass is 10.0. The minimum atomic E-state index is -1.41. The normalized spacial score (nSPS) is 19.4. The first kappa shape index (κ1) is 37.4. The Morgan fingerprint density at radius 3 is 2.58 bits per heavy atom. The first-order valence-corrected chi connectivity index (χ1v) is 19.3. The van der Waals surface area contributed by atoms with Crippen LogP contribution in [0.1, 0.15) is 23.0 Å². The molecule has 276 valence electrons. The number of aliphatic carboxylic acids is 1. The average Bonchev–Trinajstić information content (AvgIpc) is 3.54. The van der Waals surface area contributed by atoms with Gasteiger partial charge < -0.3 is 35.5 Å². The highest BCUT2D eigenvalue weighted by Gasteiger charge is 2.54. The second-order valence-electron chi connectivity index (χ2n) is 11.6. The largest absolute Gasteiger partial charge is 0.477 e. The minimum absolute atomic E-state index is 0.0443. The number of nitrogens with zero attached hydrogens (tertiary/aromatic N) is 5. The fraction of sp³-hybridized carbons (Fsp3) is 0.387. The highest BCUT2D eigenvalue weighted by molar-refractivity contribution is 8.02. The summed E-state index contributed by atoms with van der Waals surface area (Å²) in [5, 5.41) is 17.1. The van der Waals surface area contributed by atoms with Gasteiger partial charge in [0.05, 0.1) is 15.5 Å². The molecule has 1 aromatic carbocycles. The number of benzene rings is 1. The summed E-state index contributed by atoms with van der Waals surface area (Å²) in [6, 6.07) is -0.162. The van der Waals surface area contributed by atoms with Crippen LogP contribution in [0.3, 0.4) is 0 Å². The molecule has 2 saturated heterocycles. The van der Waals surface area contributed by atoms with Crippen molar-refractivity contribution >= 4 is 96.6 Å². The molecule has 2 atom stereocenters. The molecular weight excluding hydrogens is 765 g/mol. The highest BCUT2D eigenvalue weighted by atomic mass is 32.2. The molecule has 2 aromatic heterocycles. The standard InChI is InChI=1S/C31H31F2N7O8S4/c1-4-48-29(46)17-23(41)14-9-15(32)22(39-7-5-38(2)6-8-39)18(33)24(14)52-30(17)50-11-13-10-49-27-20(26(43)40(27)21(13)28(44)45)36-25(42)19(37-47-3)16-12-51-31(34)35-16/h9,12,20,27H,4-8,10-11H2,1-3H3,(H2,34,35)(H,36,42)(H,44,45)/b37-19-/t20-,27+/m1/s1. The zero-order valence-corrected chi connectivity index (χ0v) is 31.0. The van der Waals surface area contributed by atoms with Gasteiger partial charge in [0, 0.05) is 48.5 Å². The number of carbonyl (C=O) groups excluding carboxylic acids is 3. The summed E-state index contributed by atoms with van der Waals surface area (Å²) in [6.45, 7) is 3.34. The fourth-order valence-corrected chi connectivity index (χ4v) is 10.3. The summed E-state index contributed by atoms with van der Waals surface area (Å²) < 4.78 is 36.6. The Labute approximate surface area is 310 Å². The number of esters is 1. The van der Waals surface area contributed by atoms with Crippen molar-refractivity contribution in [2.45, 2.75) is 22.5 Å². The first-order chi connectivity index (χ1) is 24.9. The van der Waals surface area contributed by atoms with Crippen molar-refractivity contribution in [3.05, 3.63) is 55.8 Å². The summed E-state index contributed by atoms with van der Waals surface area (Å²) in [6.07, 6.45) is 0. The molecule has 15 nitrogen and oxygen atoms in total. The van der Waals surface area contributed by atoms with E-state index >= 15 is 8.78 Å². The summed E-state index contributed by atoms with van der Waals surface area (Å²) in [7, 11) is 3.13. The van der Waals surface area contributed by atoms with Gasteiger partial charge in [0.25, 0.3) is 11.8 Å². The maximum Gasteiger partial charge on any atom is 0.352 e. The number of ether oxygens (including phenoxy) is 1. The van der Waals surface area contributed by atoms with Crippen LogP contribution in [0, 0.1) is 11.6 Å². The number of carboxylic acids is 1. The molecule has 6 rings (SSSR count). The summed E-state index contributed by atoms with van der Waals surface area (Å²) in [4.78, 5) is 79.2. The molecule has 0 spiro atoms. The van der Waals surface area contributed by atoms with Crippen LogP contribution in [0.2, 0.25) is 0 Å². The number of carboxylic acid groups (broad SMARTS) is 1. The molecule has 5 heterocycles. The second-order valence-corrected chi connectivity index (χ2v) is 15.9. The highest BCUT2D eigenvalue weighted by Crippen LogP contribution is 2.43. The lowest BCUT2D eigenvalue weighted by Crippen LogP contribution is -2.71. The lowest BCUT2D eigenvalue weighted by Gasteiger charge is -2.49. The van der Waals surface area contributed by atoms with Crippen molar-refractivity contribution in [2.24, 2.45) is 5.16 Å². The molecule has 0 saturated carbocycles. The number of halogens is 2. The Morgan fingerprint density at radius 1 is 1.21 bits per heavy atom. The minimum Gasteiger partial charge on any atom is -0.477 e. The van der Waals surface area contributed by atoms with Crippen molar-refractivity contribution in [3.63, 3.8) is 0 Å². The number of rotatable bonds is 11. The topological polar surface area (TPSA) is 197 Å². The number of amides is 2. The molecule has 3 aliphatic rings. The Bertz CT molecular complexity index is 2100. The van der Waals surface area contributed by atoms with Gasteiger partial charge in [-0.3, -0.25) is 19.3 Å². The van der Waals surface area contributed by atoms with Crippen LogP contribution in [0.15, 0.2) is 36.9 Å². The van der Waals surface area contributed by atoms with Gasteiger partial charge >= 0.3 is 11.9 Å². The number of hydrogen-bond donors (Lipinski definition) is 3. The van der Waals surface area contributed by atoms with Crippen LogP contribution in [-0.2, 0) is 24.0 Å². The van der Waals surface area contributed by atoms with E-state index in [1.807, 2.05) is 11.9 Å². The van der Waals surface area contributed by atoms with Crippen LogP contribution < -0.4 is 21.4 Å². The number of nitrogens with two attached hydrogens (primary N) is 1. The zero-order valence-electron chi connectivity index (χ0n) is 27.8.